The number of hydrogen-bond acceptors (Lipinski definition) is 11. The quantitative estimate of drug-likeness (QED) is 0.376. The van der Waals surface area contributed by atoms with Gasteiger partial charge in [-0.05, 0) is 6.42 Å². The molecule has 0 saturated carbocycles. The highest BCUT2D eigenvalue weighted by Crippen LogP contribution is 2.32. The van der Waals surface area contributed by atoms with Crippen LogP contribution in [0.1, 0.15) is 12.6 Å². The summed E-state index contributed by atoms with van der Waals surface area (Å²) in [7, 11) is 0. The molecule has 5 atom stereocenters. The number of nitrogens with one attached hydrogen (secondary N) is 1. The van der Waals surface area contributed by atoms with Crippen LogP contribution in [0.2, 0.25) is 5.15 Å². The Morgan fingerprint density at radius 3 is 2.74 bits per heavy atom. The Hall–Kier alpha value is -2.64. The highest BCUT2D eigenvalue weighted by molar-refractivity contribution is 6.29. The lowest BCUT2D eigenvalue weighted by molar-refractivity contribution is -0.0511. The zero-order valence-corrected chi connectivity index (χ0v) is 17.0. The summed E-state index contributed by atoms with van der Waals surface area (Å²) in [5, 5.41) is 33.5. The van der Waals surface area contributed by atoms with Gasteiger partial charge in [0.1, 0.15) is 41.9 Å². The molecule has 0 aliphatic carbocycles. The SMILES string of the molecule is OC[C@H]1O[C@@H](n2cnc3c(N[C@H]4CCN(c5cc(Cl)ncn5)C4)ncnc32)[C@@H](O)[C@H]1O. The third-order valence-corrected chi connectivity index (χ3v) is 5.83. The first-order valence-electron chi connectivity index (χ1n) is 9.84. The second-order valence-electron chi connectivity index (χ2n) is 7.55. The van der Waals surface area contributed by atoms with Gasteiger partial charge in [-0.25, -0.2) is 24.9 Å². The topological polar surface area (TPSA) is 155 Å². The molecule has 12 nitrogen and oxygen atoms in total. The van der Waals surface area contributed by atoms with E-state index in [0.717, 1.165) is 18.8 Å². The van der Waals surface area contributed by atoms with Crippen LogP contribution in [0.4, 0.5) is 11.6 Å². The summed E-state index contributed by atoms with van der Waals surface area (Å²) >= 11 is 5.97. The fourth-order valence-corrected chi connectivity index (χ4v) is 4.17. The van der Waals surface area contributed by atoms with E-state index in [-0.39, 0.29) is 6.04 Å². The van der Waals surface area contributed by atoms with Gasteiger partial charge in [-0.3, -0.25) is 4.57 Å². The number of halogens is 1. The molecule has 5 heterocycles. The standard InChI is InChI=1S/C18H21ClN8O4/c19-11-3-12(21-6-20-11)26-2-1-9(4-26)25-16-13-17(23-7-22-16)27(8-24-13)18-15(30)14(29)10(5-28)31-18/h3,6-10,14-15,18,28-30H,1-2,4-5H2,(H,22,23,25)/t9-,10+,14-,15-,18+/m0/s1. The lowest BCUT2D eigenvalue weighted by Gasteiger charge is -2.18. The molecule has 0 spiro atoms. The Labute approximate surface area is 181 Å². The summed E-state index contributed by atoms with van der Waals surface area (Å²) in [5.74, 6) is 1.33. The van der Waals surface area contributed by atoms with Crippen LogP contribution in [0.15, 0.2) is 25.0 Å². The zero-order valence-electron chi connectivity index (χ0n) is 16.3. The number of nitrogens with zero attached hydrogens (tertiary/aromatic N) is 7. The average molecular weight is 449 g/mol. The molecule has 2 fully saturated rings. The van der Waals surface area contributed by atoms with Crippen molar-refractivity contribution in [2.24, 2.45) is 0 Å². The second-order valence-corrected chi connectivity index (χ2v) is 7.94. The number of anilines is 2. The smallest absolute Gasteiger partial charge is 0.167 e. The minimum Gasteiger partial charge on any atom is -0.394 e. The minimum absolute atomic E-state index is 0.103. The van der Waals surface area contributed by atoms with Gasteiger partial charge in [0, 0.05) is 25.2 Å². The fourth-order valence-electron chi connectivity index (χ4n) is 4.03. The van der Waals surface area contributed by atoms with Crippen molar-refractivity contribution in [2.75, 3.05) is 29.9 Å². The van der Waals surface area contributed by atoms with Crippen molar-refractivity contribution in [2.45, 2.75) is 37.0 Å². The Morgan fingerprint density at radius 1 is 1.13 bits per heavy atom. The van der Waals surface area contributed by atoms with Gasteiger partial charge >= 0.3 is 0 Å². The second kappa shape index (κ2) is 8.13. The molecule has 0 amide bonds. The van der Waals surface area contributed by atoms with E-state index in [1.54, 1.807) is 6.07 Å². The van der Waals surface area contributed by atoms with Crippen LogP contribution in [0.25, 0.3) is 11.2 Å². The lowest BCUT2D eigenvalue weighted by atomic mass is 10.1. The van der Waals surface area contributed by atoms with Gasteiger partial charge in [0.25, 0.3) is 0 Å². The third kappa shape index (κ3) is 3.66. The summed E-state index contributed by atoms with van der Waals surface area (Å²) in [6.07, 6.45) is 0.978. The summed E-state index contributed by atoms with van der Waals surface area (Å²) in [4.78, 5) is 23.3. The van der Waals surface area contributed by atoms with Gasteiger partial charge in [-0.1, -0.05) is 11.6 Å². The molecular weight excluding hydrogens is 428 g/mol. The van der Waals surface area contributed by atoms with Gasteiger partial charge in [0.05, 0.1) is 12.9 Å². The molecule has 3 aromatic heterocycles. The van der Waals surface area contributed by atoms with E-state index in [2.05, 4.69) is 35.1 Å². The maximum absolute atomic E-state index is 10.3. The Kier molecular flexibility index (Phi) is 5.32. The normalized spacial score (nSPS) is 28.5. The van der Waals surface area contributed by atoms with Crippen LogP contribution in [-0.4, -0.2) is 88.9 Å². The molecule has 2 aliphatic heterocycles. The van der Waals surface area contributed by atoms with Crippen molar-refractivity contribution in [3.63, 3.8) is 0 Å². The van der Waals surface area contributed by atoms with Crippen molar-refractivity contribution in [3.05, 3.63) is 30.2 Å². The van der Waals surface area contributed by atoms with E-state index in [4.69, 9.17) is 16.3 Å². The zero-order chi connectivity index (χ0) is 21.5. The van der Waals surface area contributed by atoms with Crippen LogP contribution >= 0.6 is 11.6 Å². The maximum Gasteiger partial charge on any atom is 0.167 e. The Morgan fingerprint density at radius 2 is 1.97 bits per heavy atom. The maximum atomic E-state index is 10.3. The van der Waals surface area contributed by atoms with Crippen molar-refractivity contribution in [1.82, 2.24) is 29.5 Å². The number of aliphatic hydroxyl groups excluding tert-OH is 3. The lowest BCUT2D eigenvalue weighted by Crippen LogP contribution is -2.33. The number of aromatic nitrogens is 6. The predicted molar refractivity (Wildman–Crippen MR) is 110 cm³/mol. The first-order chi connectivity index (χ1) is 15.0. The number of ether oxygens (including phenoxy) is 1. The van der Waals surface area contributed by atoms with Gasteiger partial charge in [-0.15, -0.1) is 0 Å². The highest BCUT2D eigenvalue weighted by atomic mass is 35.5. The Bertz CT molecular complexity index is 1080. The molecular formula is C18H21ClN8O4. The summed E-state index contributed by atoms with van der Waals surface area (Å²) in [5.41, 5.74) is 0.966. The molecule has 31 heavy (non-hydrogen) atoms. The third-order valence-electron chi connectivity index (χ3n) is 5.62. The van der Waals surface area contributed by atoms with Crippen molar-refractivity contribution >= 4 is 34.4 Å². The first kappa shape index (κ1) is 20.3. The molecule has 2 saturated heterocycles. The van der Waals surface area contributed by atoms with Gasteiger partial charge < -0.3 is 30.3 Å². The first-order valence-corrected chi connectivity index (χ1v) is 10.2. The fraction of sp³-hybridized carbons (Fsp3) is 0.500. The monoisotopic (exact) mass is 448 g/mol. The van der Waals surface area contributed by atoms with E-state index in [9.17, 15) is 15.3 Å². The number of fused-ring (bicyclic) bond motifs is 1. The van der Waals surface area contributed by atoms with Crippen molar-refractivity contribution < 1.29 is 20.1 Å². The molecule has 0 radical (unpaired) electrons. The van der Waals surface area contributed by atoms with Gasteiger partial charge in [0.2, 0.25) is 0 Å². The average Bonchev–Trinajstić information content (AvgIpc) is 3.47. The highest BCUT2D eigenvalue weighted by Gasteiger charge is 2.44. The van der Waals surface area contributed by atoms with Crippen LogP contribution in [-0.2, 0) is 4.74 Å². The molecule has 5 rings (SSSR count). The number of imidazole rings is 1. The molecule has 0 aromatic carbocycles. The minimum atomic E-state index is -1.22. The molecule has 2 aliphatic rings. The van der Waals surface area contributed by atoms with Gasteiger partial charge in [0.15, 0.2) is 23.2 Å². The number of rotatable bonds is 5. The largest absolute Gasteiger partial charge is 0.394 e. The van der Waals surface area contributed by atoms with Crippen molar-refractivity contribution in [1.29, 1.82) is 0 Å². The van der Waals surface area contributed by atoms with E-state index < -0.39 is 31.1 Å². The predicted octanol–water partition coefficient (Wildman–Crippen LogP) is -0.428. The molecule has 3 aromatic rings. The summed E-state index contributed by atoms with van der Waals surface area (Å²) in [6.45, 7) is 1.10. The molecule has 164 valence electrons. The van der Waals surface area contributed by atoms with Crippen LogP contribution < -0.4 is 10.2 Å². The Balaban J connectivity index is 1.35. The van der Waals surface area contributed by atoms with Crippen LogP contribution in [0.3, 0.4) is 0 Å². The summed E-state index contributed by atoms with van der Waals surface area (Å²) in [6, 6.07) is 1.83. The molecule has 0 unspecified atom stereocenters. The molecule has 0 bridgehead atoms. The van der Waals surface area contributed by atoms with E-state index in [1.807, 2.05) is 0 Å². The number of aliphatic hydroxyl groups is 3. The van der Waals surface area contributed by atoms with Crippen LogP contribution in [0, 0.1) is 0 Å². The molecule has 13 heteroatoms. The van der Waals surface area contributed by atoms with Crippen LogP contribution in [0.5, 0.6) is 0 Å². The van der Waals surface area contributed by atoms with E-state index in [1.165, 1.54) is 23.5 Å². The molecule has 4 N–H and O–H groups in total. The van der Waals surface area contributed by atoms with E-state index in [0.29, 0.717) is 28.7 Å². The van der Waals surface area contributed by atoms with Crippen molar-refractivity contribution in [3.8, 4) is 0 Å². The van der Waals surface area contributed by atoms with Gasteiger partial charge in [-0.2, -0.15) is 0 Å². The van der Waals surface area contributed by atoms with E-state index >= 15 is 0 Å². The summed E-state index contributed by atoms with van der Waals surface area (Å²) < 4.78 is 7.13. The number of hydrogen-bond donors (Lipinski definition) is 4.